The van der Waals surface area contributed by atoms with E-state index in [1.54, 1.807) is 4.68 Å². The number of hydrogen-bond acceptors (Lipinski definition) is 2. The van der Waals surface area contributed by atoms with Gasteiger partial charge in [0.2, 0.25) is 0 Å². The summed E-state index contributed by atoms with van der Waals surface area (Å²) in [5, 5.41) is 13.2. The molecule has 0 saturated heterocycles. The molecule has 76 valence electrons. The molecule has 1 aliphatic rings. The van der Waals surface area contributed by atoms with Gasteiger partial charge < -0.3 is 5.11 Å². The van der Waals surface area contributed by atoms with Crippen molar-refractivity contribution >= 4 is 5.97 Å². The van der Waals surface area contributed by atoms with Crippen molar-refractivity contribution in [3.8, 4) is 0 Å². The number of aliphatic carboxylic acids is 1. The van der Waals surface area contributed by atoms with Crippen LogP contribution in [0.5, 0.6) is 0 Å². The van der Waals surface area contributed by atoms with Crippen LogP contribution in [-0.4, -0.2) is 20.9 Å². The van der Waals surface area contributed by atoms with Crippen LogP contribution in [0.1, 0.15) is 30.5 Å². The highest BCUT2D eigenvalue weighted by Crippen LogP contribution is 2.51. The van der Waals surface area contributed by atoms with Gasteiger partial charge in [0.05, 0.1) is 12.1 Å². The highest BCUT2D eigenvalue weighted by Gasteiger charge is 2.48. The SMILES string of the molecule is Cc1cn(C)nc1C1(CC(=O)O)CC1. The predicted molar refractivity (Wildman–Crippen MR) is 51.1 cm³/mol. The molecule has 1 aromatic heterocycles. The van der Waals surface area contributed by atoms with Crippen LogP contribution >= 0.6 is 0 Å². The molecule has 1 aromatic rings. The summed E-state index contributed by atoms with van der Waals surface area (Å²) in [6.45, 7) is 1.99. The molecular weight excluding hydrogens is 180 g/mol. The van der Waals surface area contributed by atoms with Gasteiger partial charge in [-0.1, -0.05) is 0 Å². The Morgan fingerprint density at radius 3 is 2.71 bits per heavy atom. The molecule has 2 rings (SSSR count). The number of hydrogen-bond donors (Lipinski definition) is 1. The van der Waals surface area contributed by atoms with Gasteiger partial charge in [-0.15, -0.1) is 0 Å². The fraction of sp³-hybridized carbons (Fsp3) is 0.600. The molecule has 1 heterocycles. The minimum absolute atomic E-state index is 0.156. The van der Waals surface area contributed by atoms with E-state index >= 15 is 0 Å². The molecular formula is C10H14N2O2. The average Bonchev–Trinajstić information content (AvgIpc) is 2.72. The Kier molecular flexibility index (Phi) is 1.87. The van der Waals surface area contributed by atoms with E-state index in [1.165, 1.54) is 0 Å². The van der Waals surface area contributed by atoms with Crippen molar-refractivity contribution in [2.45, 2.75) is 31.6 Å². The van der Waals surface area contributed by atoms with Crippen LogP contribution in [0.2, 0.25) is 0 Å². The summed E-state index contributed by atoms with van der Waals surface area (Å²) in [6.07, 6.45) is 4.07. The lowest BCUT2D eigenvalue weighted by molar-refractivity contribution is -0.137. The Labute approximate surface area is 82.5 Å². The van der Waals surface area contributed by atoms with Gasteiger partial charge in [-0.3, -0.25) is 9.48 Å². The van der Waals surface area contributed by atoms with Crippen molar-refractivity contribution in [2.75, 3.05) is 0 Å². The third kappa shape index (κ3) is 1.41. The molecule has 1 saturated carbocycles. The van der Waals surface area contributed by atoms with E-state index in [9.17, 15) is 4.79 Å². The molecule has 4 nitrogen and oxygen atoms in total. The van der Waals surface area contributed by atoms with E-state index in [2.05, 4.69) is 5.10 Å². The maximum absolute atomic E-state index is 10.7. The summed E-state index contributed by atoms with van der Waals surface area (Å²) in [5.74, 6) is -0.729. The molecule has 1 aliphatic carbocycles. The van der Waals surface area contributed by atoms with Crippen molar-refractivity contribution in [1.29, 1.82) is 0 Å². The number of carbonyl (C=O) groups is 1. The van der Waals surface area contributed by atoms with E-state index in [4.69, 9.17) is 5.11 Å². The number of rotatable bonds is 3. The molecule has 0 radical (unpaired) electrons. The van der Waals surface area contributed by atoms with Crippen LogP contribution < -0.4 is 0 Å². The Balaban J connectivity index is 2.30. The zero-order valence-corrected chi connectivity index (χ0v) is 8.45. The van der Waals surface area contributed by atoms with E-state index in [-0.39, 0.29) is 11.8 Å². The van der Waals surface area contributed by atoms with E-state index in [0.29, 0.717) is 0 Å². The Hall–Kier alpha value is -1.32. The molecule has 0 aromatic carbocycles. The lowest BCUT2D eigenvalue weighted by atomic mass is 9.96. The topological polar surface area (TPSA) is 55.1 Å². The van der Waals surface area contributed by atoms with Crippen LogP contribution in [0.3, 0.4) is 0 Å². The lowest BCUT2D eigenvalue weighted by Crippen LogP contribution is -2.15. The number of aryl methyl sites for hydroxylation is 2. The Morgan fingerprint density at radius 1 is 1.71 bits per heavy atom. The Bertz CT molecular complexity index is 377. The van der Waals surface area contributed by atoms with Gasteiger partial charge >= 0.3 is 5.97 Å². The third-order valence-electron chi connectivity index (χ3n) is 2.86. The highest BCUT2D eigenvalue weighted by molar-refractivity contribution is 5.70. The van der Waals surface area contributed by atoms with Gasteiger partial charge in [0.1, 0.15) is 0 Å². The van der Waals surface area contributed by atoms with Gasteiger partial charge in [0.25, 0.3) is 0 Å². The number of carboxylic acid groups (broad SMARTS) is 1. The number of nitrogens with zero attached hydrogens (tertiary/aromatic N) is 2. The summed E-state index contributed by atoms with van der Waals surface area (Å²) in [7, 11) is 1.87. The second-order valence-corrected chi connectivity index (χ2v) is 4.19. The first kappa shape index (κ1) is 9.24. The molecule has 0 bridgehead atoms. The first-order valence-electron chi connectivity index (χ1n) is 4.76. The second-order valence-electron chi connectivity index (χ2n) is 4.19. The molecule has 14 heavy (non-hydrogen) atoms. The van der Waals surface area contributed by atoms with Gasteiger partial charge in [-0.05, 0) is 25.3 Å². The fourth-order valence-corrected chi connectivity index (χ4v) is 2.07. The quantitative estimate of drug-likeness (QED) is 0.787. The summed E-state index contributed by atoms with van der Waals surface area (Å²) in [6, 6.07) is 0. The number of aromatic nitrogens is 2. The van der Waals surface area contributed by atoms with Crippen molar-refractivity contribution in [2.24, 2.45) is 7.05 Å². The van der Waals surface area contributed by atoms with Crippen molar-refractivity contribution in [3.05, 3.63) is 17.5 Å². The zero-order chi connectivity index (χ0) is 10.3. The van der Waals surface area contributed by atoms with E-state index in [0.717, 1.165) is 24.1 Å². The van der Waals surface area contributed by atoms with Gasteiger partial charge in [-0.25, -0.2) is 0 Å². The molecule has 0 atom stereocenters. The maximum atomic E-state index is 10.7. The van der Waals surface area contributed by atoms with Crippen molar-refractivity contribution < 1.29 is 9.90 Å². The standard InChI is InChI=1S/C10H14N2O2/c1-7-6-12(2)11-9(7)10(3-4-10)5-8(13)14/h6H,3-5H2,1-2H3,(H,13,14). The average molecular weight is 194 g/mol. The summed E-state index contributed by atoms with van der Waals surface area (Å²) in [4.78, 5) is 10.7. The zero-order valence-electron chi connectivity index (χ0n) is 8.45. The molecule has 1 fully saturated rings. The van der Waals surface area contributed by atoms with Crippen molar-refractivity contribution in [3.63, 3.8) is 0 Å². The predicted octanol–water partition coefficient (Wildman–Crippen LogP) is 1.23. The first-order chi connectivity index (χ1) is 6.53. The largest absolute Gasteiger partial charge is 0.481 e. The molecule has 1 N–H and O–H groups in total. The summed E-state index contributed by atoms with van der Waals surface area (Å²) >= 11 is 0. The molecule has 0 unspecified atom stereocenters. The van der Waals surface area contributed by atoms with E-state index in [1.807, 2.05) is 20.2 Å². The minimum Gasteiger partial charge on any atom is -0.481 e. The van der Waals surface area contributed by atoms with Gasteiger partial charge in [0, 0.05) is 18.7 Å². The van der Waals surface area contributed by atoms with Crippen LogP contribution in [0, 0.1) is 6.92 Å². The van der Waals surface area contributed by atoms with Gasteiger partial charge in [0.15, 0.2) is 0 Å². The second kappa shape index (κ2) is 2.83. The van der Waals surface area contributed by atoms with Gasteiger partial charge in [-0.2, -0.15) is 5.10 Å². The maximum Gasteiger partial charge on any atom is 0.304 e. The van der Waals surface area contributed by atoms with Crippen LogP contribution in [0.15, 0.2) is 6.20 Å². The highest BCUT2D eigenvalue weighted by atomic mass is 16.4. The van der Waals surface area contributed by atoms with Crippen LogP contribution in [-0.2, 0) is 17.3 Å². The van der Waals surface area contributed by atoms with E-state index < -0.39 is 5.97 Å². The molecule has 0 spiro atoms. The monoisotopic (exact) mass is 194 g/mol. The van der Waals surface area contributed by atoms with Crippen LogP contribution in [0.4, 0.5) is 0 Å². The van der Waals surface area contributed by atoms with Crippen LogP contribution in [0.25, 0.3) is 0 Å². The smallest absolute Gasteiger partial charge is 0.304 e. The molecule has 4 heteroatoms. The van der Waals surface area contributed by atoms with Crippen molar-refractivity contribution in [1.82, 2.24) is 9.78 Å². The fourth-order valence-electron chi connectivity index (χ4n) is 2.07. The normalized spacial score (nSPS) is 18.1. The minimum atomic E-state index is -0.729. The summed E-state index contributed by atoms with van der Waals surface area (Å²) in [5.41, 5.74) is 1.92. The first-order valence-corrected chi connectivity index (χ1v) is 4.76. The Morgan fingerprint density at radius 2 is 2.36 bits per heavy atom. The third-order valence-corrected chi connectivity index (χ3v) is 2.86. The molecule has 0 amide bonds. The lowest BCUT2D eigenvalue weighted by Gasteiger charge is -2.09. The molecule has 0 aliphatic heterocycles. The number of carboxylic acids is 1. The summed E-state index contributed by atoms with van der Waals surface area (Å²) < 4.78 is 1.76.